The molecule has 134 valence electrons. The van der Waals surface area contributed by atoms with E-state index in [0.29, 0.717) is 26.0 Å². The van der Waals surface area contributed by atoms with Crippen LogP contribution in [0.1, 0.15) is 54.4 Å². The molecule has 0 aromatic carbocycles. The SMILES string of the molecule is CC(C)(C)OC(=O)N1CCC(CC(N)=O)C1.CC(C)(C)OC=O. The first kappa shape index (κ1) is 21.2. The van der Waals surface area contributed by atoms with E-state index in [1.807, 2.05) is 41.5 Å². The molecule has 1 heterocycles. The molecule has 0 aliphatic carbocycles. The monoisotopic (exact) mass is 330 g/mol. The molecule has 0 saturated carbocycles. The maximum atomic E-state index is 11.7. The third kappa shape index (κ3) is 11.4. The number of ether oxygens (including phenoxy) is 2. The van der Waals surface area contributed by atoms with E-state index in [9.17, 15) is 14.4 Å². The molecule has 23 heavy (non-hydrogen) atoms. The van der Waals surface area contributed by atoms with Gasteiger partial charge < -0.3 is 20.1 Å². The zero-order valence-electron chi connectivity index (χ0n) is 15.0. The summed E-state index contributed by atoms with van der Waals surface area (Å²) in [7, 11) is 0. The summed E-state index contributed by atoms with van der Waals surface area (Å²) < 4.78 is 9.79. The summed E-state index contributed by atoms with van der Waals surface area (Å²) in [6.45, 7) is 12.6. The highest BCUT2D eigenvalue weighted by atomic mass is 16.6. The number of carbonyl (C=O) groups excluding carboxylic acids is 3. The van der Waals surface area contributed by atoms with Crippen LogP contribution in [0.3, 0.4) is 0 Å². The lowest BCUT2D eigenvalue weighted by atomic mass is 10.1. The molecule has 1 atom stereocenters. The van der Waals surface area contributed by atoms with E-state index in [0.717, 1.165) is 6.42 Å². The largest absolute Gasteiger partial charge is 0.462 e. The number of hydrogen-bond acceptors (Lipinski definition) is 5. The number of nitrogens with zero attached hydrogens (tertiary/aromatic N) is 1. The minimum absolute atomic E-state index is 0.185. The smallest absolute Gasteiger partial charge is 0.410 e. The lowest BCUT2D eigenvalue weighted by Crippen LogP contribution is -2.35. The van der Waals surface area contributed by atoms with Gasteiger partial charge >= 0.3 is 6.09 Å². The number of rotatable bonds is 3. The molecule has 0 bridgehead atoms. The highest BCUT2D eigenvalue weighted by Gasteiger charge is 2.30. The van der Waals surface area contributed by atoms with Gasteiger partial charge in [-0.1, -0.05) is 0 Å². The van der Waals surface area contributed by atoms with E-state index in [1.165, 1.54) is 0 Å². The first-order chi connectivity index (χ1) is 10.3. The Morgan fingerprint density at radius 3 is 2.09 bits per heavy atom. The van der Waals surface area contributed by atoms with Crippen molar-refractivity contribution in [3.63, 3.8) is 0 Å². The van der Waals surface area contributed by atoms with E-state index in [4.69, 9.17) is 10.5 Å². The summed E-state index contributed by atoms with van der Waals surface area (Å²) in [4.78, 5) is 33.7. The first-order valence-electron chi connectivity index (χ1n) is 7.72. The third-order valence-corrected chi connectivity index (χ3v) is 2.83. The molecule has 7 heteroatoms. The number of primary amides is 1. The van der Waals surface area contributed by atoms with Gasteiger partial charge in [0.25, 0.3) is 6.47 Å². The summed E-state index contributed by atoms with van der Waals surface area (Å²) in [6, 6.07) is 0. The summed E-state index contributed by atoms with van der Waals surface area (Å²) in [5.74, 6) is -0.124. The normalized spacial score (nSPS) is 17.8. The van der Waals surface area contributed by atoms with E-state index in [2.05, 4.69) is 4.74 Å². The van der Waals surface area contributed by atoms with Crippen molar-refractivity contribution in [2.45, 2.75) is 65.6 Å². The van der Waals surface area contributed by atoms with Gasteiger partial charge in [-0.15, -0.1) is 0 Å². The van der Waals surface area contributed by atoms with Crippen LogP contribution in [0.4, 0.5) is 4.79 Å². The maximum absolute atomic E-state index is 11.7. The summed E-state index contributed by atoms with van der Waals surface area (Å²) in [5.41, 5.74) is 4.33. The van der Waals surface area contributed by atoms with Gasteiger partial charge in [0.15, 0.2) is 0 Å². The van der Waals surface area contributed by atoms with Gasteiger partial charge in [-0.25, -0.2) is 4.79 Å². The van der Waals surface area contributed by atoms with Gasteiger partial charge in [0.2, 0.25) is 5.91 Å². The Morgan fingerprint density at radius 1 is 1.17 bits per heavy atom. The molecule has 2 N–H and O–H groups in total. The van der Waals surface area contributed by atoms with Gasteiger partial charge in [0, 0.05) is 19.5 Å². The number of likely N-dealkylation sites (tertiary alicyclic amines) is 1. The number of amides is 2. The van der Waals surface area contributed by atoms with E-state index >= 15 is 0 Å². The standard InChI is InChI=1S/C11H20N2O3.C5H10O2/c1-11(2,3)16-10(15)13-5-4-8(7-13)6-9(12)14;1-5(2,3)7-4-6/h8H,4-7H2,1-3H3,(H2,12,14);4H,1-3H3. The molecular weight excluding hydrogens is 300 g/mol. The Hall–Kier alpha value is -1.79. The van der Waals surface area contributed by atoms with Crippen molar-refractivity contribution in [3.05, 3.63) is 0 Å². The van der Waals surface area contributed by atoms with Crippen LogP contribution in [0, 0.1) is 5.92 Å². The second-order valence-electron chi connectivity index (χ2n) is 7.58. The molecular formula is C16H30N2O5. The Bertz CT molecular complexity index is 410. The Kier molecular flexibility index (Phi) is 8.06. The van der Waals surface area contributed by atoms with Crippen LogP contribution >= 0.6 is 0 Å². The number of nitrogens with two attached hydrogens (primary N) is 1. The lowest BCUT2D eigenvalue weighted by Gasteiger charge is -2.24. The molecule has 1 fully saturated rings. The van der Waals surface area contributed by atoms with E-state index < -0.39 is 5.60 Å². The van der Waals surface area contributed by atoms with Crippen molar-refractivity contribution >= 4 is 18.5 Å². The minimum atomic E-state index is -0.473. The molecule has 2 amide bonds. The van der Waals surface area contributed by atoms with Gasteiger partial charge in [-0.3, -0.25) is 9.59 Å². The van der Waals surface area contributed by atoms with Crippen LogP contribution in [-0.2, 0) is 19.1 Å². The van der Waals surface area contributed by atoms with E-state index in [1.54, 1.807) is 4.90 Å². The van der Waals surface area contributed by atoms with E-state index in [-0.39, 0.29) is 23.5 Å². The fourth-order valence-corrected chi connectivity index (χ4v) is 1.92. The first-order valence-corrected chi connectivity index (χ1v) is 7.72. The molecule has 1 saturated heterocycles. The molecule has 0 spiro atoms. The number of carbonyl (C=O) groups is 3. The van der Waals surface area contributed by atoms with Crippen LogP contribution in [0.2, 0.25) is 0 Å². The lowest BCUT2D eigenvalue weighted by molar-refractivity contribution is -0.138. The van der Waals surface area contributed by atoms with Gasteiger partial charge in [0.05, 0.1) is 0 Å². The van der Waals surface area contributed by atoms with Gasteiger partial charge in [0.1, 0.15) is 11.2 Å². The predicted octanol–water partition coefficient (Wildman–Crippen LogP) is 2.08. The third-order valence-electron chi connectivity index (χ3n) is 2.83. The molecule has 1 unspecified atom stereocenters. The average Bonchev–Trinajstić information content (AvgIpc) is 2.73. The van der Waals surface area contributed by atoms with Crippen LogP contribution in [0.25, 0.3) is 0 Å². The molecule has 1 rings (SSSR count). The van der Waals surface area contributed by atoms with Crippen molar-refractivity contribution in [3.8, 4) is 0 Å². The highest BCUT2D eigenvalue weighted by Crippen LogP contribution is 2.21. The number of hydrogen-bond donors (Lipinski definition) is 1. The zero-order valence-corrected chi connectivity index (χ0v) is 15.0. The second kappa shape index (κ2) is 8.74. The molecule has 1 aliphatic rings. The van der Waals surface area contributed by atoms with Gasteiger partial charge in [-0.05, 0) is 53.9 Å². The molecule has 7 nitrogen and oxygen atoms in total. The minimum Gasteiger partial charge on any atom is -0.462 e. The fraction of sp³-hybridized carbons (Fsp3) is 0.812. The van der Waals surface area contributed by atoms with Crippen molar-refractivity contribution in [2.24, 2.45) is 11.7 Å². The fourth-order valence-electron chi connectivity index (χ4n) is 1.92. The highest BCUT2D eigenvalue weighted by molar-refractivity contribution is 5.74. The topological polar surface area (TPSA) is 98.9 Å². The molecule has 0 aromatic heterocycles. The Balaban J connectivity index is 0.000000585. The van der Waals surface area contributed by atoms with Crippen molar-refractivity contribution in [2.75, 3.05) is 13.1 Å². The Labute approximate surface area is 138 Å². The molecule has 1 aliphatic heterocycles. The van der Waals surface area contributed by atoms with Crippen LogP contribution in [-0.4, -0.2) is 47.7 Å². The summed E-state index contributed by atoms with van der Waals surface area (Å²) >= 11 is 0. The summed E-state index contributed by atoms with van der Waals surface area (Å²) in [6.07, 6.45) is 0.862. The van der Waals surface area contributed by atoms with Crippen LogP contribution < -0.4 is 5.73 Å². The second-order valence-corrected chi connectivity index (χ2v) is 7.58. The zero-order chi connectivity index (χ0) is 18.3. The van der Waals surface area contributed by atoms with Crippen LogP contribution in [0.15, 0.2) is 0 Å². The van der Waals surface area contributed by atoms with Crippen molar-refractivity contribution < 1.29 is 23.9 Å². The van der Waals surface area contributed by atoms with Crippen LogP contribution in [0.5, 0.6) is 0 Å². The van der Waals surface area contributed by atoms with Gasteiger partial charge in [-0.2, -0.15) is 0 Å². The predicted molar refractivity (Wildman–Crippen MR) is 86.6 cm³/mol. The quantitative estimate of drug-likeness (QED) is 0.799. The molecule has 0 aromatic rings. The Morgan fingerprint density at radius 2 is 1.74 bits per heavy atom. The van der Waals surface area contributed by atoms with Crippen molar-refractivity contribution in [1.82, 2.24) is 4.90 Å². The molecule has 0 radical (unpaired) electrons. The van der Waals surface area contributed by atoms with Crippen molar-refractivity contribution in [1.29, 1.82) is 0 Å². The average molecular weight is 330 g/mol. The maximum Gasteiger partial charge on any atom is 0.410 e. The summed E-state index contributed by atoms with van der Waals surface area (Å²) in [5, 5.41) is 0.